The Balaban J connectivity index is 1.68. The van der Waals surface area contributed by atoms with Crippen molar-refractivity contribution in [2.75, 3.05) is 13.1 Å². The first-order valence-electron chi connectivity index (χ1n) is 8.22. The zero-order valence-corrected chi connectivity index (χ0v) is 13.1. The van der Waals surface area contributed by atoms with Crippen molar-refractivity contribution in [2.45, 2.75) is 77.7 Å². The summed E-state index contributed by atoms with van der Waals surface area (Å²) >= 11 is 0. The van der Waals surface area contributed by atoms with E-state index in [4.69, 9.17) is 0 Å². The highest BCUT2D eigenvalue weighted by atomic mass is 16.1. The SMILES string of the molecule is CC(C)(C)N1CCC(CC(=O)CC2CCCC2)CC1. The molecule has 110 valence electrons. The first-order valence-corrected chi connectivity index (χ1v) is 8.22. The molecule has 1 saturated carbocycles. The summed E-state index contributed by atoms with van der Waals surface area (Å²) < 4.78 is 0. The van der Waals surface area contributed by atoms with Crippen molar-refractivity contribution in [3.8, 4) is 0 Å². The number of carbonyl (C=O) groups is 1. The highest BCUT2D eigenvalue weighted by molar-refractivity contribution is 5.78. The Bertz CT molecular complexity index is 291. The molecular weight excluding hydrogens is 234 g/mol. The van der Waals surface area contributed by atoms with Crippen LogP contribution in [0.4, 0.5) is 0 Å². The molecule has 1 saturated heterocycles. The summed E-state index contributed by atoms with van der Waals surface area (Å²) in [5.41, 5.74) is 0.291. The van der Waals surface area contributed by atoms with Crippen LogP contribution in [0.1, 0.15) is 72.1 Å². The topological polar surface area (TPSA) is 20.3 Å². The minimum absolute atomic E-state index is 0.291. The van der Waals surface area contributed by atoms with E-state index in [1.165, 1.54) is 51.6 Å². The average molecular weight is 265 g/mol. The zero-order valence-electron chi connectivity index (χ0n) is 13.1. The molecule has 2 fully saturated rings. The predicted molar refractivity (Wildman–Crippen MR) is 80.2 cm³/mol. The molecule has 0 aromatic carbocycles. The molecule has 19 heavy (non-hydrogen) atoms. The largest absolute Gasteiger partial charge is 0.300 e. The van der Waals surface area contributed by atoms with Gasteiger partial charge in [-0.05, 0) is 58.5 Å². The molecule has 0 amide bonds. The summed E-state index contributed by atoms with van der Waals surface area (Å²) in [5.74, 6) is 1.93. The van der Waals surface area contributed by atoms with Gasteiger partial charge in [-0.25, -0.2) is 0 Å². The molecule has 0 unspecified atom stereocenters. The van der Waals surface area contributed by atoms with Crippen molar-refractivity contribution in [3.63, 3.8) is 0 Å². The van der Waals surface area contributed by atoms with Crippen molar-refractivity contribution in [1.29, 1.82) is 0 Å². The molecule has 1 aliphatic carbocycles. The van der Waals surface area contributed by atoms with E-state index < -0.39 is 0 Å². The number of carbonyl (C=O) groups excluding carboxylic acids is 1. The van der Waals surface area contributed by atoms with Gasteiger partial charge in [0.1, 0.15) is 5.78 Å². The van der Waals surface area contributed by atoms with Gasteiger partial charge in [0.25, 0.3) is 0 Å². The van der Waals surface area contributed by atoms with Crippen LogP contribution in [0, 0.1) is 11.8 Å². The monoisotopic (exact) mass is 265 g/mol. The summed E-state index contributed by atoms with van der Waals surface area (Å²) in [4.78, 5) is 14.7. The Hall–Kier alpha value is -0.370. The number of nitrogens with zero attached hydrogens (tertiary/aromatic N) is 1. The maximum Gasteiger partial charge on any atom is 0.133 e. The number of hydrogen-bond donors (Lipinski definition) is 0. The molecule has 0 N–H and O–H groups in total. The molecule has 0 atom stereocenters. The van der Waals surface area contributed by atoms with Crippen LogP contribution in [0.2, 0.25) is 0 Å². The first-order chi connectivity index (χ1) is 8.95. The molecule has 0 radical (unpaired) electrons. The van der Waals surface area contributed by atoms with Crippen molar-refractivity contribution < 1.29 is 4.79 Å². The summed E-state index contributed by atoms with van der Waals surface area (Å²) in [6.45, 7) is 9.21. The summed E-state index contributed by atoms with van der Waals surface area (Å²) in [6, 6.07) is 0. The van der Waals surface area contributed by atoms with E-state index in [1.807, 2.05) is 0 Å². The fourth-order valence-corrected chi connectivity index (χ4v) is 3.75. The Labute approximate surface area is 118 Å². The lowest BCUT2D eigenvalue weighted by atomic mass is 9.87. The first kappa shape index (κ1) is 15.0. The van der Waals surface area contributed by atoms with Gasteiger partial charge in [0.05, 0.1) is 0 Å². The normalized spacial score (nSPS) is 23.9. The average Bonchev–Trinajstić information content (AvgIpc) is 2.81. The number of Topliss-reactive ketones (excluding diaryl/α,β-unsaturated/α-hetero) is 1. The molecule has 1 heterocycles. The second-order valence-electron chi connectivity index (χ2n) is 7.70. The lowest BCUT2D eigenvalue weighted by Gasteiger charge is -2.40. The molecule has 0 aromatic rings. The second kappa shape index (κ2) is 6.39. The molecule has 2 rings (SSSR count). The number of ketones is 1. The van der Waals surface area contributed by atoms with Gasteiger partial charge in [0, 0.05) is 18.4 Å². The maximum atomic E-state index is 12.1. The Morgan fingerprint density at radius 3 is 1.89 bits per heavy atom. The minimum atomic E-state index is 0.291. The van der Waals surface area contributed by atoms with E-state index in [0.717, 1.165) is 18.8 Å². The van der Waals surface area contributed by atoms with Gasteiger partial charge < -0.3 is 0 Å². The quantitative estimate of drug-likeness (QED) is 0.764. The van der Waals surface area contributed by atoms with Crippen LogP contribution >= 0.6 is 0 Å². The fraction of sp³-hybridized carbons (Fsp3) is 0.941. The van der Waals surface area contributed by atoms with Gasteiger partial charge in [-0.3, -0.25) is 9.69 Å². The highest BCUT2D eigenvalue weighted by Gasteiger charge is 2.28. The molecule has 2 aliphatic rings. The van der Waals surface area contributed by atoms with E-state index in [2.05, 4.69) is 25.7 Å². The third kappa shape index (κ3) is 4.59. The molecule has 2 nitrogen and oxygen atoms in total. The van der Waals surface area contributed by atoms with Crippen LogP contribution in [0.3, 0.4) is 0 Å². The van der Waals surface area contributed by atoms with Crippen molar-refractivity contribution in [1.82, 2.24) is 4.90 Å². The standard InChI is InChI=1S/C17H31NO/c1-17(2,3)18-10-8-15(9-11-18)13-16(19)12-14-6-4-5-7-14/h14-15H,4-13H2,1-3H3. The van der Waals surface area contributed by atoms with Crippen LogP contribution in [-0.2, 0) is 4.79 Å². The van der Waals surface area contributed by atoms with Gasteiger partial charge in [0.15, 0.2) is 0 Å². The van der Waals surface area contributed by atoms with Crippen LogP contribution in [0.25, 0.3) is 0 Å². The van der Waals surface area contributed by atoms with E-state index >= 15 is 0 Å². The van der Waals surface area contributed by atoms with Crippen molar-refractivity contribution >= 4 is 5.78 Å². The molecule has 0 bridgehead atoms. The Morgan fingerprint density at radius 1 is 0.947 bits per heavy atom. The molecule has 1 aliphatic heterocycles. The van der Waals surface area contributed by atoms with Gasteiger partial charge in [-0.1, -0.05) is 25.7 Å². The van der Waals surface area contributed by atoms with Crippen LogP contribution < -0.4 is 0 Å². The number of hydrogen-bond acceptors (Lipinski definition) is 2. The lowest BCUT2D eigenvalue weighted by Crippen LogP contribution is -2.46. The van der Waals surface area contributed by atoms with Gasteiger partial charge >= 0.3 is 0 Å². The molecule has 2 heteroatoms. The van der Waals surface area contributed by atoms with Crippen LogP contribution in [0.15, 0.2) is 0 Å². The summed E-state index contributed by atoms with van der Waals surface area (Å²) in [5, 5.41) is 0. The van der Waals surface area contributed by atoms with Crippen molar-refractivity contribution in [3.05, 3.63) is 0 Å². The van der Waals surface area contributed by atoms with E-state index in [-0.39, 0.29) is 0 Å². The zero-order chi connectivity index (χ0) is 13.9. The van der Waals surface area contributed by atoms with Crippen LogP contribution in [0.5, 0.6) is 0 Å². The minimum Gasteiger partial charge on any atom is -0.300 e. The third-order valence-electron chi connectivity index (χ3n) is 5.07. The molecular formula is C17H31NO. The maximum absolute atomic E-state index is 12.1. The van der Waals surface area contributed by atoms with Gasteiger partial charge in [-0.2, -0.15) is 0 Å². The smallest absolute Gasteiger partial charge is 0.133 e. The third-order valence-corrected chi connectivity index (χ3v) is 5.07. The van der Waals surface area contributed by atoms with Gasteiger partial charge in [0.2, 0.25) is 0 Å². The second-order valence-corrected chi connectivity index (χ2v) is 7.70. The van der Waals surface area contributed by atoms with E-state index in [9.17, 15) is 4.79 Å². The lowest BCUT2D eigenvalue weighted by molar-refractivity contribution is -0.121. The van der Waals surface area contributed by atoms with E-state index in [0.29, 0.717) is 17.2 Å². The summed E-state index contributed by atoms with van der Waals surface area (Å²) in [6.07, 6.45) is 9.46. The van der Waals surface area contributed by atoms with Crippen molar-refractivity contribution in [2.24, 2.45) is 11.8 Å². The molecule has 0 spiro atoms. The summed E-state index contributed by atoms with van der Waals surface area (Å²) in [7, 11) is 0. The number of likely N-dealkylation sites (tertiary alicyclic amines) is 1. The van der Waals surface area contributed by atoms with E-state index in [1.54, 1.807) is 0 Å². The Kier molecular flexibility index (Phi) is 5.05. The molecule has 0 aromatic heterocycles. The van der Waals surface area contributed by atoms with Crippen LogP contribution in [-0.4, -0.2) is 29.3 Å². The number of piperidine rings is 1. The fourth-order valence-electron chi connectivity index (χ4n) is 3.75. The predicted octanol–water partition coefficient (Wildman–Crippen LogP) is 4.04. The number of rotatable bonds is 4. The Morgan fingerprint density at radius 2 is 1.42 bits per heavy atom. The van der Waals surface area contributed by atoms with Gasteiger partial charge in [-0.15, -0.1) is 0 Å². The highest BCUT2D eigenvalue weighted by Crippen LogP contribution is 2.30.